The van der Waals surface area contributed by atoms with Crippen LogP contribution in [0.2, 0.25) is 0 Å². The number of aromatic nitrogens is 4. The summed E-state index contributed by atoms with van der Waals surface area (Å²) in [5.41, 5.74) is 0. The molecule has 0 aliphatic heterocycles. The van der Waals surface area contributed by atoms with Gasteiger partial charge in [0.25, 0.3) is 0 Å². The van der Waals surface area contributed by atoms with Crippen molar-refractivity contribution in [3.8, 4) is 0 Å². The van der Waals surface area contributed by atoms with Gasteiger partial charge in [-0.15, -0.1) is 10.2 Å². The number of hydrogen-bond acceptors (Lipinski definition) is 7. The van der Waals surface area contributed by atoms with Gasteiger partial charge in [-0.3, -0.25) is 4.79 Å². The Morgan fingerprint density at radius 3 is 2.64 bits per heavy atom. The maximum Gasteiger partial charge on any atom is 0.226 e. The Balaban J connectivity index is 1.60. The number of carbonyl (C=O) groups is 1. The fourth-order valence-corrected chi connectivity index (χ4v) is 3.28. The zero-order chi connectivity index (χ0) is 17.9. The molecule has 0 spiro atoms. The van der Waals surface area contributed by atoms with E-state index in [4.69, 9.17) is 4.52 Å². The van der Waals surface area contributed by atoms with Crippen LogP contribution in [0.15, 0.2) is 4.52 Å². The van der Waals surface area contributed by atoms with Crippen LogP contribution in [-0.4, -0.2) is 26.2 Å². The van der Waals surface area contributed by atoms with E-state index in [0.717, 1.165) is 17.8 Å². The number of rotatable bonds is 12. The Kier molecular flexibility index (Phi) is 8.51. The molecule has 0 aliphatic rings. The van der Waals surface area contributed by atoms with Gasteiger partial charge in [-0.05, 0) is 19.8 Å². The molecule has 1 amide bonds. The topological polar surface area (TPSA) is 93.8 Å². The molecule has 0 saturated heterocycles. The van der Waals surface area contributed by atoms with E-state index >= 15 is 0 Å². The predicted molar refractivity (Wildman–Crippen MR) is 97.6 cm³/mol. The van der Waals surface area contributed by atoms with Crippen molar-refractivity contribution >= 4 is 22.4 Å². The van der Waals surface area contributed by atoms with Crippen LogP contribution < -0.4 is 5.32 Å². The molecule has 0 saturated carbocycles. The van der Waals surface area contributed by atoms with Crippen LogP contribution in [0.1, 0.15) is 75.0 Å². The normalized spacial score (nSPS) is 11.0. The standard InChI is InChI=1S/C17H27N5O2S/c1-3-4-5-6-7-8-12-16-20-21-17(25-16)19-14(23)10-9-11-15-18-13(2)22-24-15/h3-12H2,1-2H3,(H,19,21,23). The van der Waals surface area contributed by atoms with Crippen LogP contribution in [0.4, 0.5) is 5.13 Å². The van der Waals surface area contributed by atoms with Gasteiger partial charge in [-0.1, -0.05) is 55.5 Å². The molecule has 2 rings (SSSR count). The first-order chi connectivity index (χ1) is 12.2. The Morgan fingerprint density at radius 2 is 1.88 bits per heavy atom. The minimum atomic E-state index is -0.0569. The minimum Gasteiger partial charge on any atom is -0.339 e. The number of unbranched alkanes of at least 4 members (excludes halogenated alkanes) is 5. The van der Waals surface area contributed by atoms with E-state index in [1.807, 2.05) is 0 Å². The Hall–Kier alpha value is -1.83. The van der Waals surface area contributed by atoms with Crippen molar-refractivity contribution in [1.29, 1.82) is 0 Å². The molecule has 2 aromatic rings. The maximum absolute atomic E-state index is 11.9. The van der Waals surface area contributed by atoms with Gasteiger partial charge >= 0.3 is 0 Å². The molecule has 8 heteroatoms. The molecule has 0 aromatic carbocycles. The quantitative estimate of drug-likeness (QED) is 0.569. The van der Waals surface area contributed by atoms with Gasteiger partial charge in [-0.2, -0.15) is 4.98 Å². The average Bonchev–Trinajstić information content (AvgIpc) is 3.20. The van der Waals surface area contributed by atoms with E-state index in [-0.39, 0.29) is 5.91 Å². The summed E-state index contributed by atoms with van der Waals surface area (Å²) >= 11 is 1.47. The second kappa shape index (κ2) is 10.9. The first kappa shape index (κ1) is 19.5. The number of nitrogens with one attached hydrogen (secondary N) is 1. The van der Waals surface area contributed by atoms with Gasteiger partial charge in [0.15, 0.2) is 5.82 Å². The van der Waals surface area contributed by atoms with Crippen molar-refractivity contribution < 1.29 is 9.32 Å². The van der Waals surface area contributed by atoms with Crippen molar-refractivity contribution in [1.82, 2.24) is 20.3 Å². The SMILES string of the molecule is CCCCCCCCc1nnc(NC(=O)CCCc2nc(C)no2)s1. The summed E-state index contributed by atoms with van der Waals surface area (Å²) in [5, 5.41) is 16.3. The molecule has 0 radical (unpaired) electrons. The molecular weight excluding hydrogens is 338 g/mol. The fraction of sp³-hybridized carbons (Fsp3) is 0.706. The number of hydrogen-bond donors (Lipinski definition) is 1. The third-order valence-corrected chi connectivity index (χ3v) is 4.72. The summed E-state index contributed by atoms with van der Waals surface area (Å²) in [5.74, 6) is 1.13. The highest BCUT2D eigenvalue weighted by atomic mass is 32.1. The molecule has 138 valence electrons. The van der Waals surface area contributed by atoms with Crippen LogP contribution >= 0.6 is 11.3 Å². The Bertz CT molecular complexity index is 641. The van der Waals surface area contributed by atoms with Crippen molar-refractivity contribution in [2.45, 2.75) is 78.1 Å². The highest BCUT2D eigenvalue weighted by molar-refractivity contribution is 7.15. The first-order valence-electron chi connectivity index (χ1n) is 9.08. The van der Waals surface area contributed by atoms with Gasteiger partial charge < -0.3 is 9.84 Å². The number of amides is 1. The fourth-order valence-electron chi connectivity index (χ4n) is 2.49. The highest BCUT2D eigenvalue weighted by Gasteiger charge is 2.09. The number of nitrogens with zero attached hydrogens (tertiary/aromatic N) is 4. The lowest BCUT2D eigenvalue weighted by Crippen LogP contribution is -2.11. The summed E-state index contributed by atoms with van der Waals surface area (Å²) in [6.45, 7) is 4.00. The summed E-state index contributed by atoms with van der Waals surface area (Å²) in [6, 6.07) is 0. The second-order valence-corrected chi connectivity index (χ2v) is 7.22. The van der Waals surface area contributed by atoms with Gasteiger partial charge in [0.05, 0.1) is 0 Å². The molecule has 0 unspecified atom stereocenters. The third-order valence-electron chi connectivity index (χ3n) is 3.82. The number of carbonyl (C=O) groups excluding carboxylic acids is 1. The van der Waals surface area contributed by atoms with E-state index < -0.39 is 0 Å². The van der Waals surface area contributed by atoms with Crippen molar-refractivity contribution in [3.63, 3.8) is 0 Å². The van der Waals surface area contributed by atoms with Gasteiger partial charge in [0, 0.05) is 19.3 Å². The number of aryl methyl sites for hydroxylation is 3. The molecule has 1 N–H and O–H groups in total. The van der Waals surface area contributed by atoms with Crippen molar-refractivity contribution in [2.75, 3.05) is 5.32 Å². The lowest BCUT2D eigenvalue weighted by molar-refractivity contribution is -0.116. The minimum absolute atomic E-state index is 0.0569. The molecule has 0 aliphatic carbocycles. The highest BCUT2D eigenvalue weighted by Crippen LogP contribution is 2.18. The molecule has 0 atom stereocenters. The van der Waals surface area contributed by atoms with E-state index in [1.165, 1.54) is 43.4 Å². The van der Waals surface area contributed by atoms with E-state index in [9.17, 15) is 4.79 Å². The van der Waals surface area contributed by atoms with Crippen LogP contribution in [0.5, 0.6) is 0 Å². The number of anilines is 1. The lowest BCUT2D eigenvalue weighted by Gasteiger charge is -1.99. The average molecular weight is 366 g/mol. The molecule has 25 heavy (non-hydrogen) atoms. The van der Waals surface area contributed by atoms with Crippen molar-refractivity contribution in [2.24, 2.45) is 0 Å². The zero-order valence-electron chi connectivity index (χ0n) is 15.1. The van der Waals surface area contributed by atoms with Crippen LogP contribution in [0.25, 0.3) is 0 Å². The molecule has 2 heterocycles. The Labute approximate surface area is 152 Å². The predicted octanol–water partition coefficient (Wildman–Crippen LogP) is 4.09. The summed E-state index contributed by atoms with van der Waals surface area (Å²) in [7, 11) is 0. The summed E-state index contributed by atoms with van der Waals surface area (Å²) < 4.78 is 5.02. The van der Waals surface area contributed by atoms with Gasteiger partial charge in [-0.25, -0.2) is 0 Å². The Morgan fingerprint density at radius 1 is 1.08 bits per heavy atom. The van der Waals surface area contributed by atoms with E-state index in [0.29, 0.717) is 36.1 Å². The van der Waals surface area contributed by atoms with Crippen LogP contribution in [-0.2, 0) is 17.6 Å². The van der Waals surface area contributed by atoms with Crippen LogP contribution in [0, 0.1) is 6.92 Å². The third kappa shape index (κ3) is 7.72. The van der Waals surface area contributed by atoms with Crippen LogP contribution in [0.3, 0.4) is 0 Å². The lowest BCUT2D eigenvalue weighted by atomic mass is 10.1. The molecule has 7 nitrogen and oxygen atoms in total. The summed E-state index contributed by atoms with van der Waals surface area (Å²) in [4.78, 5) is 16.1. The van der Waals surface area contributed by atoms with Gasteiger partial charge in [0.1, 0.15) is 5.01 Å². The largest absolute Gasteiger partial charge is 0.339 e. The second-order valence-electron chi connectivity index (χ2n) is 6.16. The first-order valence-corrected chi connectivity index (χ1v) is 9.90. The van der Waals surface area contributed by atoms with E-state index in [1.54, 1.807) is 6.92 Å². The smallest absolute Gasteiger partial charge is 0.226 e. The monoisotopic (exact) mass is 365 g/mol. The van der Waals surface area contributed by atoms with E-state index in [2.05, 4.69) is 32.6 Å². The van der Waals surface area contributed by atoms with Crippen molar-refractivity contribution in [3.05, 3.63) is 16.7 Å². The zero-order valence-corrected chi connectivity index (χ0v) is 15.9. The molecule has 0 bridgehead atoms. The molecular formula is C17H27N5O2S. The molecule has 2 aromatic heterocycles. The molecule has 0 fully saturated rings. The maximum atomic E-state index is 11.9. The van der Waals surface area contributed by atoms with Gasteiger partial charge in [0.2, 0.25) is 16.9 Å². The summed E-state index contributed by atoms with van der Waals surface area (Å²) in [6.07, 6.45) is 10.2.